The van der Waals surface area contributed by atoms with Gasteiger partial charge >= 0.3 is 0 Å². The van der Waals surface area contributed by atoms with Crippen molar-refractivity contribution in [3.63, 3.8) is 0 Å². The van der Waals surface area contributed by atoms with Crippen molar-refractivity contribution >= 4 is 0 Å². The van der Waals surface area contributed by atoms with E-state index in [9.17, 15) is 8.78 Å². The summed E-state index contributed by atoms with van der Waals surface area (Å²) in [4.78, 5) is 2.05. The number of hydrogen-bond acceptors (Lipinski definition) is 1. The van der Waals surface area contributed by atoms with Crippen LogP contribution in [0.25, 0.3) is 0 Å². The van der Waals surface area contributed by atoms with Gasteiger partial charge in [-0.05, 0) is 81.7 Å². The third-order valence-corrected chi connectivity index (χ3v) is 6.01. The van der Waals surface area contributed by atoms with E-state index in [1.54, 1.807) is 0 Å². The van der Waals surface area contributed by atoms with E-state index in [0.717, 1.165) is 37.8 Å². The minimum Gasteiger partial charge on any atom is -0.295 e. The molecule has 1 aliphatic carbocycles. The van der Waals surface area contributed by atoms with Gasteiger partial charge in [0.1, 0.15) is 0 Å². The van der Waals surface area contributed by atoms with E-state index in [1.165, 1.54) is 32.1 Å². The summed E-state index contributed by atoms with van der Waals surface area (Å²) in [6.45, 7) is 8.30. The summed E-state index contributed by atoms with van der Waals surface area (Å²) < 4.78 is 26.1. The zero-order valence-electron chi connectivity index (χ0n) is 14.1. The molecule has 2 rings (SSSR count). The number of nitrogens with zero attached hydrogens (tertiary/aromatic N) is 1. The summed E-state index contributed by atoms with van der Waals surface area (Å²) in [6.07, 6.45) is 7.44. The van der Waals surface area contributed by atoms with E-state index in [2.05, 4.69) is 18.7 Å². The van der Waals surface area contributed by atoms with Crippen LogP contribution in [0.2, 0.25) is 0 Å². The second-order valence-electron chi connectivity index (χ2n) is 7.92. The fourth-order valence-corrected chi connectivity index (χ4v) is 4.62. The molecule has 1 aliphatic heterocycles. The van der Waals surface area contributed by atoms with Crippen molar-refractivity contribution in [2.75, 3.05) is 13.1 Å². The molecule has 1 atom stereocenters. The van der Waals surface area contributed by atoms with Crippen molar-refractivity contribution in [3.8, 4) is 0 Å². The third-order valence-electron chi connectivity index (χ3n) is 6.01. The van der Waals surface area contributed by atoms with E-state index in [0.29, 0.717) is 11.8 Å². The van der Waals surface area contributed by atoms with Crippen LogP contribution in [0.5, 0.6) is 0 Å². The Labute approximate surface area is 129 Å². The number of rotatable bonds is 5. The van der Waals surface area contributed by atoms with Gasteiger partial charge in [-0.25, -0.2) is 8.78 Å². The Morgan fingerprint density at radius 1 is 1.05 bits per heavy atom. The summed E-state index contributed by atoms with van der Waals surface area (Å²) in [5.41, 5.74) is 0.490. The molecule has 1 unspecified atom stereocenters. The quantitative estimate of drug-likeness (QED) is 0.661. The first kappa shape index (κ1) is 17.2. The van der Waals surface area contributed by atoms with E-state index in [-0.39, 0.29) is 0 Å². The lowest BCUT2D eigenvalue weighted by Gasteiger charge is -2.47. The summed E-state index contributed by atoms with van der Waals surface area (Å²) >= 11 is 0. The van der Waals surface area contributed by atoms with Crippen LogP contribution < -0.4 is 0 Å². The molecule has 1 spiro atoms. The molecule has 0 aromatic rings. The fourth-order valence-electron chi connectivity index (χ4n) is 4.62. The average Bonchev–Trinajstić information content (AvgIpc) is 2.44. The monoisotopic (exact) mass is 301 g/mol. The first-order valence-electron chi connectivity index (χ1n) is 8.98. The number of piperidine rings is 1. The van der Waals surface area contributed by atoms with Crippen LogP contribution in [0.1, 0.15) is 72.1 Å². The Kier molecular flexibility index (Phi) is 6.05. The number of halogens is 2. The van der Waals surface area contributed by atoms with Crippen molar-refractivity contribution in [1.82, 2.24) is 4.90 Å². The highest BCUT2D eigenvalue weighted by atomic mass is 19.3. The van der Waals surface area contributed by atoms with Gasteiger partial charge in [-0.3, -0.25) is 4.90 Å². The van der Waals surface area contributed by atoms with Crippen LogP contribution in [0, 0.1) is 17.3 Å². The zero-order chi connectivity index (χ0) is 15.5. The molecule has 2 fully saturated rings. The van der Waals surface area contributed by atoms with Crippen molar-refractivity contribution in [2.45, 2.75) is 84.6 Å². The highest BCUT2D eigenvalue weighted by Crippen LogP contribution is 2.47. The van der Waals surface area contributed by atoms with E-state index in [1.807, 2.05) is 6.92 Å². The smallest absolute Gasteiger partial charge is 0.253 e. The van der Waals surface area contributed by atoms with Gasteiger partial charge < -0.3 is 0 Å². The Hall–Kier alpha value is -0.180. The van der Waals surface area contributed by atoms with Crippen LogP contribution in [-0.4, -0.2) is 30.5 Å². The molecule has 1 heterocycles. The molecular weight excluding hydrogens is 268 g/mol. The molecule has 3 heteroatoms. The normalized spacial score (nSPS) is 25.9. The van der Waals surface area contributed by atoms with Crippen molar-refractivity contribution in [2.24, 2.45) is 17.3 Å². The van der Waals surface area contributed by atoms with Gasteiger partial charge in [0.15, 0.2) is 0 Å². The average molecular weight is 301 g/mol. The lowest BCUT2D eigenvalue weighted by Crippen LogP contribution is -2.48. The van der Waals surface area contributed by atoms with Crippen molar-refractivity contribution in [1.29, 1.82) is 0 Å². The molecule has 1 saturated carbocycles. The highest BCUT2D eigenvalue weighted by Gasteiger charge is 2.40. The molecule has 0 aromatic carbocycles. The Balaban J connectivity index is 1.81. The van der Waals surface area contributed by atoms with Gasteiger partial charge in [0.2, 0.25) is 0 Å². The summed E-state index contributed by atoms with van der Waals surface area (Å²) in [7, 11) is 0. The molecule has 1 nitrogen and oxygen atoms in total. The maximum absolute atomic E-state index is 13.0. The van der Waals surface area contributed by atoms with Crippen LogP contribution in [0.15, 0.2) is 0 Å². The number of hydrogen-bond donors (Lipinski definition) is 0. The largest absolute Gasteiger partial charge is 0.295 e. The lowest BCUT2D eigenvalue weighted by atomic mass is 9.64. The minimum absolute atomic E-state index is 0.490. The maximum Gasteiger partial charge on any atom is 0.253 e. The topological polar surface area (TPSA) is 3.24 Å². The molecule has 0 aromatic heterocycles. The first-order chi connectivity index (χ1) is 9.96. The minimum atomic E-state index is -2.19. The molecule has 0 radical (unpaired) electrons. The summed E-state index contributed by atoms with van der Waals surface area (Å²) in [5.74, 6) is 1.72. The Morgan fingerprint density at radius 2 is 1.62 bits per heavy atom. The molecule has 1 saturated heterocycles. The number of likely N-dealkylation sites (tertiary alicyclic amines) is 1. The van der Waals surface area contributed by atoms with E-state index < -0.39 is 12.5 Å². The van der Waals surface area contributed by atoms with Gasteiger partial charge in [0.05, 0.1) is 6.04 Å². The van der Waals surface area contributed by atoms with E-state index in [4.69, 9.17) is 0 Å². The molecule has 2 aliphatic rings. The predicted molar refractivity (Wildman–Crippen MR) is 84.7 cm³/mol. The maximum atomic E-state index is 13.0. The zero-order valence-corrected chi connectivity index (χ0v) is 14.1. The standard InChI is InChI=1S/C18H33F2N/c1-4-16(17(19)20)21-11-9-18(10-12-21)7-5-15(6-8-18)13-14(2)3/h14-17H,4-13H2,1-3H3. The second kappa shape index (κ2) is 7.39. The van der Waals surface area contributed by atoms with Crippen molar-refractivity contribution in [3.05, 3.63) is 0 Å². The van der Waals surface area contributed by atoms with Gasteiger partial charge in [-0.15, -0.1) is 0 Å². The molecule has 0 bridgehead atoms. The Morgan fingerprint density at radius 3 is 2.05 bits per heavy atom. The number of alkyl halides is 2. The Bertz CT molecular complexity index is 298. The van der Waals surface area contributed by atoms with Gasteiger partial charge in [-0.1, -0.05) is 20.8 Å². The molecule has 21 heavy (non-hydrogen) atoms. The predicted octanol–water partition coefficient (Wildman–Crippen LogP) is 5.35. The van der Waals surface area contributed by atoms with Gasteiger partial charge in [0, 0.05) is 0 Å². The fraction of sp³-hybridized carbons (Fsp3) is 1.00. The second-order valence-corrected chi connectivity index (χ2v) is 7.92. The van der Waals surface area contributed by atoms with Gasteiger partial charge in [-0.2, -0.15) is 0 Å². The summed E-state index contributed by atoms with van der Waals surface area (Å²) in [6, 6.07) is -0.514. The summed E-state index contributed by atoms with van der Waals surface area (Å²) in [5, 5.41) is 0. The molecule has 0 N–H and O–H groups in total. The van der Waals surface area contributed by atoms with E-state index >= 15 is 0 Å². The SMILES string of the molecule is CCC(C(F)F)N1CCC2(CCC(CC(C)C)CC2)CC1. The van der Waals surface area contributed by atoms with Crippen LogP contribution in [0.3, 0.4) is 0 Å². The van der Waals surface area contributed by atoms with Crippen LogP contribution >= 0.6 is 0 Å². The van der Waals surface area contributed by atoms with Gasteiger partial charge in [0.25, 0.3) is 6.43 Å². The third kappa shape index (κ3) is 4.40. The van der Waals surface area contributed by atoms with Crippen molar-refractivity contribution < 1.29 is 8.78 Å². The first-order valence-corrected chi connectivity index (χ1v) is 8.98. The highest BCUT2D eigenvalue weighted by molar-refractivity contribution is 4.92. The molecule has 124 valence electrons. The molecular formula is C18H33F2N. The molecule has 0 amide bonds. The van der Waals surface area contributed by atoms with Crippen LogP contribution in [-0.2, 0) is 0 Å². The lowest BCUT2D eigenvalue weighted by molar-refractivity contribution is -0.0233. The van der Waals surface area contributed by atoms with Crippen LogP contribution in [0.4, 0.5) is 8.78 Å².